The average Bonchev–Trinajstić information content (AvgIpc) is 2.55. The number of carbonyl (C=O) groups excluding carboxylic acids is 3. The van der Waals surface area contributed by atoms with E-state index in [0.717, 1.165) is 10.5 Å². The van der Waals surface area contributed by atoms with Crippen molar-refractivity contribution in [2.75, 3.05) is 4.90 Å². The summed E-state index contributed by atoms with van der Waals surface area (Å²) in [7, 11) is 0. The maximum absolute atomic E-state index is 12.2. The van der Waals surface area contributed by atoms with Crippen molar-refractivity contribution < 1.29 is 14.4 Å². The number of nitrogens with zero attached hydrogens (tertiary/aromatic N) is 1. The van der Waals surface area contributed by atoms with Crippen LogP contribution in [0.5, 0.6) is 0 Å². The second-order valence-corrected chi connectivity index (χ2v) is 4.76. The number of hydrogen-bond donors (Lipinski definition) is 0. The zero-order valence-corrected chi connectivity index (χ0v) is 11.2. The van der Waals surface area contributed by atoms with Crippen LogP contribution in [0.3, 0.4) is 0 Å². The largest absolute Gasteiger partial charge is 0.300 e. The number of imide groups is 1. The van der Waals surface area contributed by atoms with Crippen LogP contribution in [0, 0.1) is 6.92 Å². The Morgan fingerprint density at radius 3 is 2.16 bits per heavy atom. The van der Waals surface area contributed by atoms with Crippen molar-refractivity contribution >= 4 is 23.3 Å². The molecule has 4 nitrogen and oxygen atoms in total. The summed E-state index contributed by atoms with van der Waals surface area (Å²) < 4.78 is 0. The number of aryl methyl sites for hydroxylation is 1. The van der Waals surface area contributed by atoms with Crippen LogP contribution in [-0.4, -0.2) is 17.6 Å². The monoisotopic (exact) mass is 257 g/mol. The maximum atomic E-state index is 12.2. The summed E-state index contributed by atoms with van der Waals surface area (Å²) in [6.07, 6.45) is 0.0127. The second-order valence-electron chi connectivity index (χ2n) is 4.76. The first kappa shape index (κ1) is 13.2. The molecule has 0 fully saturated rings. The van der Waals surface area contributed by atoms with Gasteiger partial charge in [-0.15, -0.1) is 0 Å². The van der Waals surface area contributed by atoms with Crippen LogP contribution >= 0.6 is 0 Å². The van der Waals surface area contributed by atoms with Gasteiger partial charge in [-0.1, -0.05) is 17.7 Å². The molecule has 0 saturated heterocycles. The van der Waals surface area contributed by atoms with Gasteiger partial charge in [0.2, 0.25) is 0 Å². The molecule has 2 amide bonds. The van der Waals surface area contributed by atoms with Gasteiger partial charge in [-0.2, -0.15) is 0 Å². The van der Waals surface area contributed by atoms with Crippen LogP contribution in [0.2, 0.25) is 0 Å². The maximum Gasteiger partial charge on any atom is 0.262 e. The normalized spacial score (nSPS) is 15.4. The van der Waals surface area contributed by atoms with E-state index >= 15 is 0 Å². The Balaban J connectivity index is 2.37. The van der Waals surface area contributed by atoms with Crippen LogP contribution < -0.4 is 4.90 Å². The van der Waals surface area contributed by atoms with Gasteiger partial charge in [0.25, 0.3) is 11.8 Å². The molecular formula is C15H15NO3. The molecule has 0 unspecified atom stereocenters. The van der Waals surface area contributed by atoms with E-state index in [-0.39, 0.29) is 24.0 Å². The third-order valence-electron chi connectivity index (χ3n) is 3.16. The smallest absolute Gasteiger partial charge is 0.262 e. The Morgan fingerprint density at radius 1 is 1.05 bits per heavy atom. The molecule has 0 saturated carbocycles. The molecule has 0 atom stereocenters. The molecule has 4 heteroatoms. The molecule has 1 heterocycles. The number of Topliss-reactive ketones (excluding diaryl/α,β-unsaturated/α-hetero) is 1. The number of carbonyl (C=O) groups is 3. The summed E-state index contributed by atoms with van der Waals surface area (Å²) in [5.41, 5.74) is 2.26. The first-order chi connectivity index (χ1) is 8.91. The molecule has 0 aromatic heterocycles. The Hall–Kier alpha value is -2.23. The number of benzene rings is 1. The Morgan fingerprint density at radius 2 is 1.63 bits per heavy atom. The molecular weight excluding hydrogens is 242 g/mol. The molecule has 1 aromatic rings. The number of hydrogen-bond acceptors (Lipinski definition) is 3. The third-order valence-corrected chi connectivity index (χ3v) is 3.16. The van der Waals surface area contributed by atoms with E-state index in [1.54, 1.807) is 19.1 Å². The van der Waals surface area contributed by atoms with Crippen LogP contribution in [0.25, 0.3) is 0 Å². The summed E-state index contributed by atoms with van der Waals surface area (Å²) >= 11 is 0. The van der Waals surface area contributed by atoms with Crippen molar-refractivity contribution in [2.24, 2.45) is 0 Å². The van der Waals surface area contributed by atoms with Crippen molar-refractivity contribution in [2.45, 2.75) is 27.2 Å². The van der Waals surface area contributed by atoms with Crippen molar-refractivity contribution in [3.8, 4) is 0 Å². The highest BCUT2D eigenvalue weighted by Gasteiger charge is 2.36. The van der Waals surface area contributed by atoms with Gasteiger partial charge >= 0.3 is 0 Å². The minimum atomic E-state index is -0.387. The SMILES string of the molecule is CC(=O)CC1=C(C)C(=O)N(c2ccc(C)cc2)C1=O. The van der Waals surface area contributed by atoms with Gasteiger partial charge in [0, 0.05) is 17.6 Å². The molecule has 0 bridgehead atoms. The molecule has 2 rings (SSSR count). The van der Waals surface area contributed by atoms with Crippen LogP contribution in [0.4, 0.5) is 5.69 Å². The van der Waals surface area contributed by atoms with Crippen molar-refractivity contribution in [1.82, 2.24) is 0 Å². The lowest BCUT2D eigenvalue weighted by Crippen LogP contribution is -2.31. The van der Waals surface area contributed by atoms with E-state index in [4.69, 9.17) is 0 Å². The molecule has 1 aliphatic heterocycles. The first-order valence-corrected chi connectivity index (χ1v) is 6.06. The van der Waals surface area contributed by atoms with Crippen LogP contribution in [-0.2, 0) is 14.4 Å². The molecule has 1 aromatic carbocycles. The van der Waals surface area contributed by atoms with E-state index in [9.17, 15) is 14.4 Å². The summed E-state index contributed by atoms with van der Waals surface area (Å²) in [5, 5.41) is 0. The predicted molar refractivity (Wildman–Crippen MR) is 71.7 cm³/mol. The number of rotatable bonds is 3. The van der Waals surface area contributed by atoms with Crippen LogP contribution in [0.15, 0.2) is 35.4 Å². The standard InChI is InChI=1S/C15H15NO3/c1-9-4-6-12(7-5-9)16-14(18)11(3)13(15(16)19)8-10(2)17/h4-7H,8H2,1-3H3. The number of amides is 2. The third kappa shape index (κ3) is 2.34. The molecule has 0 N–H and O–H groups in total. The van der Waals surface area contributed by atoms with E-state index in [0.29, 0.717) is 16.8 Å². The highest BCUT2D eigenvalue weighted by Crippen LogP contribution is 2.28. The van der Waals surface area contributed by atoms with Crippen LogP contribution in [0.1, 0.15) is 25.8 Å². The van der Waals surface area contributed by atoms with Gasteiger partial charge in [-0.25, -0.2) is 4.90 Å². The number of anilines is 1. The minimum absolute atomic E-state index is 0.0127. The highest BCUT2D eigenvalue weighted by atomic mass is 16.2. The van der Waals surface area contributed by atoms with E-state index in [1.807, 2.05) is 19.1 Å². The lowest BCUT2D eigenvalue weighted by molar-refractivity contribution is -0.122. The lowest BCUT2D eigenvalue weighted by atomic mass is 10.1. The Labute approximate surface area is 111 Å². The topological polar surface area (TPSA) is 54.5 Å². The average molecular weight is 257 g/mol. The highest BCUT2D eigenvalue weighted by molar-refractivity contribution is 6.33. The van der Waals surface area contributed by atoms with Crippen molar-refractivity contribution in [3.63, 3.8) is 0 Å². The van der Waals surface area contributed by atoms with E-state index < -0.39 is 0 Å². The summed E-state index contributed by atoms with van der Waals surface area (Å²) in [5.74, 6) is -0.854. The van der Waals surface area contributed by atoms with Gasteiger partial charge in [0.15, 0.2) is 0 Å². The summed E-state index contributed by atoms with van der Waals surface area (Å²) in [6, 6.07) is 7.15. The minimum Gasteiger partial charge on any atom is -0.300 e. The fourth-order valence-corrected chi connectivity index (χ4v) is 2.07. The summed E-state index contributed by atoms with van der Waals surface area (Å²) in [6.45, 7) is 4.93. The Kier molecular flexibility index (Phi) is 3.34. The van der Waals surface area contributed by atoms with Gasteiger partial charge < -0.3 is 0 Å². The molecule has 0 spiro atoms. The quantitative estimate of drug-likeness (QED) is 0.780. The van der Waals surface area contributed by atoms with Crippen molar-refractivity contribution in [1.29, 1.82) is 0 Å². The van der Waals surface area contributed by atoms with E-state index in [2.05, 4.69) is 0 Å². The predicted octanol–water partition coefficient (Wildman–Crippen LogP) is 2.16. The zero-order chi connectivity index (χ0) is 14.2. The fraction of sp³-hybridized carbons (Fsp3) is 0.267. The fourth-order valence-electron chi connectivity index (χ4n) is 2.07. The molecule has 0 aliphatic carbocycles. The van der Waals surface area contributed by atoms with Crippen molar-refractivity contribution in [3.05, 3.63) is 41.0 Å². The van der Waals surface area contributed by atoms with Gasteiger partial charge in [-0.05, 0) is 32.9 Å². The molecule has 1 aliphatic rings. The second kappa shape index (κ2) is 4.80. The number of ketones is 1. The van der Waals surface area contributed by atoms with Gasteiger partial charge in [-0.3, -0.25) is 14.4 Å². The van der Waals surface area contributed by atoms with E-state index in [1.165, 1.54) is 6.92 Å². The lowest BCUT2D eigenvalue weighted by Gasteiger charge is -2.15. The van der Waals surface area contributed by atoms with Gasteiger partial charge in [0.1, 0.15) is 5.78 Å². The summed E-state index contributed by atoms with van der Waals surface area (Å²) in [4.78, 5) is 36.7. The molecule has 98 valence electrons. The Bertz CT molecular complexity index is 596. The molecule has 19 heavy (non-hydrogen) atoms. The molecule has 0 radical (unpaired) electrons. The zero-order valence-electron chi connectivity index (χ0n) is 11.2. The first-order valence-electron chi connectivity index (χ1n) is 6.06. The van der Waals surface area contributed by atoms with Gasteiger partial charge in [0.05, 0.1) is 5.69 Å².